The van der Waals surface area contributed by atoms with Crippen LogP contribution in [0.25, 0.3) is 0 Å². The van der Waals surface area contributed by atoms with E-state index in [0.29, 0.717) is 22.7 Å². The fourth-order valence-electron chi connectivity index (χ4n) is 1.59. The van der Waals surface area contributed by atoms with Crippen LogP contribution in [0.4, 0.5) is 11.6 Å². The lowest BCUT2D eigenvalue weighted by Gasteiger charge is -2.08. The molecule has 0 spiro atoms. The molecule has 0 fully saturated rings. The number of nitrogens with zero attached hydrogens (tertiary/aromatic N) is 2. The molecule has 1 aromatic carbocycles. The first kappa shape index (κ1) is 12.8. The molecule has 0 aliphatic rings. The van der Waals surface area contributed by atoms with Gasteiger partial charge in [0.05, 0.1) is 0 Å². The van der Waals surface area contributed by atoms with E-state index in [0.717, 1.165) is 6.42 Å². The van der Waals surface area contributed by atoms with E-state index >= 15 is 0 Å². The lowest BCUT2D eigenvalue weighted by atomic mass is 10.1. The Bertz CT molecular complexity index is 525. The van der Waals surface area contributed by atoms with Gasteiger partial charge in [0.25, 0.3) is 0 Å². The number of aromatic nitrogens is 2. The minimum atomic E-state index is 0.439. The van der Waals surface area contributed by atoms with Crippen LogP contribution >= 0.6 is 15.9 Å². The number of nitrogens with one attached hydrogen (secondary N) is 1. The molecule has 0 radical (unpaired) electrons. The summed E-state index contributed by atoms with van der Waals surface area (Å²) >= 11 is 3.36. The second-order valence-corrected chi connectivity index (χ2v) is 4.74. The zero-order valence-electron chi connectivity index (χ0n) is 10.2. The zero-order valence-corrected chi connectivity index (χ0v) is 11.7. The number of anilines is 2. The van der Waals surface area contributed by atoms with E-state index in [1.54, 1.807) is 0 Å². The van der Waals surface area contributed by atoms with Crippen molar-refractivity contribution in [1.82, 2.24) is 9.97 Å². The highest BCUT2D eigenvalue weighted by molar-refractivity contribution is 9.10. The summed E-state index contributed by atoms with van der Waals surface area (Å²) in [5, 5.41) is 3.23. The van der Waals surface area contributed by atoms with Gasteiger partial charge in [-0.3, -0.25) is 0 Å². The van der Waals surface area contributed by atoms with Crippen LogP contribution in [0.2, 0.25) is 0 Å². The lowest BCUT2D eigenvalue weighted by molar-refractivity contribution is 1.07. The molecule has 4 nitrogen and oxygen atoms in total. The first-order valence-electron chi connectivity index (χ1n) is 5.78. The van der Waals surface area contributed by atoms with E-state index < -0.39 is 0 Å². The van der Waals surface area contributed by atoms with Gasteiger partial charge in [0.2, 0.25) is 0 Å². The number of nitrogen functional groups attached to an aromatic ring is 1. The topological polar surface area (TPSA) is 63.8 Å². The standard InChI is InChI=1S/C13H15BrN4/c1-2-9-3-5-10(6-4-9)7-16-13-11(14)12(15)17-8-18-13/h3-6,8H,2,7H2,1H3,(H3,15,16,17,18). The largest absolute Gasteiger partial charge is 0.383 e. The first-order valence-corrected chi connectivity index (χ1v) is 6.57. The summed E-state index contributed by atoms with van der Waals surface area (Å²) in [6.07, 6.45) is 2.50. The zero-order chi connectivity index (χ0) is 13.0. The predicted octanol–water partition coefficient (Wildman–Crippen LogP) is 3.00. The number of aryl methyl sites for hydroxylation is 1. The van der Waals surface area contributed by atoms with Gasteiger partial charge < -0.3 is 11.1 Å². The second-order valence-electron chi connectivity index (χ2n) is 3.95. The molecule has 0 aliphatic heterocycles. The maximum absolute atomic E-state index is 5.69. The lowest BCUT2D eigenvalue weighted by Crippen LogP contribution is -2.04. The van der Waals surface area contributed by atoms with Crippen LogP contribution in [0.1, 0.15) is 18.1 Å². The van der Waals surface area contributed by atoms with Crippen LogP contribution in [-0.2, 0) is 13.0 Å². The summed E-state index contributed by atoms with van der Waals surface area (Å²) in [5.74, 6) is 1.15. The van der Waals surface area contributed by atoms with Gasteiger partial charge in [-0.2, -0.15) is 0 Å². The van der Waals surface area contributed by atoms with Crippen molar-refractivity contribution in [2.75, 3.05) is 11.1 Å². The van der Waals surface area contributed by atoms with E-state index in [4.69, 9.17) is 5.73 Å². The van der Waals surface area contributed by atoms with Gasteiger partial charge >= 0.3 is 0 Å². The average molecular weight is 307 g/mol. The molecular weight excluding hydrogens is 292 g/mol. The van der Waals surface area contributed by atoms with E-state index in [9.17, 15) is 0 Å². The molecule has 18 heavy (non-hydrogen) atoms. The SMILES string of the molecule is CCc1ccc(CNc2ncnc(N)c2Br)cc1. The number of rotatable bonds is 4. The van der Waals surface area contributed by atoms with Crippen LogP contribution < -0.4 is 11.1 Å². The third-order valence-electron chi connectivity index (χ3n) is 2.71. The van der Waals surface area contributed by atoms with Gasteiger partial charge in [-0.1, -0.05) is 31.2 Å². The molecule has 0 bridgehead atoms. The van der Waals surface area contributed by atoms with Gasteiger partial charge in [-0.25, -0.2) is 9.97 Å². The van der Waals surface area contributed by atoms with Crippen molar-refractivity contribution in [3.63, 3.8) is 0 Å². The maximum atomic E-state index is 5.69. The molecular formula is C13H15BrN4. The maximum Gasteiger partial charge on any atom is 0.146 e. The molecule has 3 N–H and O–H groups in total. The second kappa shape index (κ2) is 5.82. The number of halogens is 1. The van der Waals surface area contributed by atoms with E-state index in [1.165, 1.54) is 17.5 Å². The smallest absolute Gasteiger partial charge is 0.146 e. The van der Waals surface area contributed by atoms with Crippen molar-refractivity contribution >= 4 is 27.6 Å². The summed E-state index contributed by atoms with van der Waals surface area (Å²) in [4.78, 5) is 8.04. The van der Waals surface area contributed by atoms with Gasteiger partial charge in [0.15, 0.2) is 0 Å². The Kier molecular flexibility index (Phi) is 4.15. The summed E-state index contributed by atoms with van der Waals surface area (Å²) in [6, 6.07) is 8.51. The summed E-state index contributed by atoms with van der Waals surface area (Å²) < 4.78 is 0.704. The minimum absolute atomic E-state index is 0.439. The first-order chi connectivity index (χ1) is 8.70. The highest BCUT2D eigenvalue weighted by atomic mass is 79.9. The molecule has 5 heteroatoms. The van der Waals surface area contributed by atoms with Crippen molar-refractivity contribution in [2.24, 2.45) is 0 Å². The van der Waals surface area contributed by atoms with Gasteiger partial charge in [0.1, 0.15) is 22.4 Å². The van der Waals surface area contributed by atoms with Crippen molar-refractivity contribution in [3.05, 3.63) is 46.2 Å². The van der Waals surface area contributed by atoms with Gasteiger partial charge in [0, 0.05) is 6.54 Å². The highest BCUT2D eigenvalue weighted by Crippen LogP contribution is 2.24. The number of hydrogen-bond donors (Lipinski definition) is 2. The Morgan fingerprint density at radius 1 is 1.17 bits per heavy atom. The van der Waals surface area contributed by atoms with Gasteiger partial charge in [-0.05, 0) is 33.5 Å². The molecule has 2 rings (SSSR count). The van der Waals surface area contributed by atoms with Crippen molar-refractivity contribution in [3.8, 4) is 0 Å². The molecule has 0 unspecified atom stereocenters. The predicted molar refractivity (Wildman–Crippen MR) is 77.3 cm³/mol. The highest BCUT2D eigenvalue weighted by Gasteiger charge is 2.05. The number of benzene rings is 1. The number of hydrogen-bond acceptors (Lipinski definition) is 4. The minimum Gasteiger partial charge on any atom is -0.383 e. The molecule has 94 valence electrons. The molecule has 0 atom stereocenters. The van der Waals surface area contributed by atoms with Crippen LogP contribution in [0.5, 0.6) is 0 Å². The van der Waals surface area contributed by atoms with Crippen molar-refractivity contribution in [1.29, 1.82) is 0 Å². The molecule has 0 saturated heterocycles. The number of nitrogens with two attached hydrogens (primary N) is 1. The Balaban J connectivity index is 2.04. The quantitative estimate of drug-likeness (QED) is 0.911. The molecule has 0 saturated carbocycles. The third-order valence-corrected chi connectivity index (χ3v) is 3.49. The summed E-state index contributed by atoms with van der Waals surface area (Å²) in [7, 11) is 0. The van der Waals surface area contributed by atoms with Crippen molar-refractivity contribution < 1.29 is 0 Å². The fraction of sp³-hybridized carbons (Fsp3) is 0.231. The van der Waals surface area contributed by atoms with Crippen LogP contribution in [-0.4, -0.2) is 9.97 Å². The molecule has 0 amide bonds. The third kappa shape index (κ3) is 2.98. The van der Waals surface area contributed by atoms with E-state index in [-0.39, 0.29) is 0 Å². The Labute approximate surface area is 115 Å². The van der Waals surface area contributed by atoms with Crippen LogP contribution in [0, 0.1) is 0 Å². The Morgan fingerprint density at radius 3 is 2.50 bits per heavy atom. The molecule has 1 heterocycles. The van der Waals surface area contributed by atoms with E-state index in [2.05, 4.69) is 62.4 Å². The van der Waals surface area contributed by atoms with Crippen LogP contribution in [0.3, 0.4) is 0 Å². The molecule has 2 aromatic rings. The fourth-order valence-corrected chi connectivity index (χ4v) is 1.93. The molecule has 0 aliphatic carbocycles. The van der Waals surface area contributed by atoms with Gasteiger partial charge in [-0.15, -0.1) is 0 Å². The monoisotopic (exact) mass is 306 g/mol. The van der Waals surface area contributed by atoms with Crippen molar-refractivity contribution in [2.45, 2.75) is 19.9 Å². The van der Waals surface area contributed by atoms with E-state index in [1.807, 2.05) is 0 Å². The van der Waals surface area contributed by atoms with Crippen LogP contribution in [0.15, 0.2) is 35.1 Å². The summed E-state index contributed by atoms with van der Waals surface area (Å²) in [5.41, 5.74) is 8.23. The molecule has 1 aromatic heterocycles. The summed E-state index contributed by atoms with van der Waals surface area (Å²) in [6.45, 7) is 2.85. The normalized spacial score (nSPS) is 10.3. The Hall–Kier alpha value is -1.62. The Morgan fingerprint density at radius 2 is 1.83 bits per heavy atom. The average Bonchev–Trinajstić information content (AvgIpc) is 2.41.